The predicted molar refractivity (Wildman–Crippen MR) is 98.6 cm³/mol. The average molecular weight is 333 g/mol. The van der Waals surface area contributed by atoms with Crippen LogP contribution in [0.25, 0.3) is 0 Å². The molecule has 134 valence electrons. The highest BCUT2D eigenvalue weighted by atomic mass is 16.5. The summed E-state index contributed by atoms with van der Waals surface area (Å²) in [5.74, 6) is 1.60. The molecule has 0 unspecified atom stereocenters. The lowest BCUT2D eigenvalue weighted by Gasteiger charge is -2.32. The van der Waals surface area contributed by atoms with Crippen molar-refractivity contribution in [3.05, 3.63) is 29.3 Å². The smallest absolute Gasteiger partial charge is 0.191 e. The Labute approximate surface area is 145 Å². The molecule has 1 saturated carbocycles. The Kier molecular flexibility index (Phi) is 6.91. The van der Waals surface area contributed by atoms with Crippen molar-refractivity contribution in [1.82, 2.24) is 10.6 Å². The van der Waals surface area contributed by atoms with Crippen molar-refractivity contribution < 1.29 is 9.84 Å². The Hall–Kier alpha value is -1.75. The fourth-order valence-corrected chi connectivity index (χ4v) is 3.12. The molecule has 0 saturated heterocycles. The van der Waals surface area contributed by atoms with Crippen LogP contribution < -0.4 is 15.4 Å². The molecule has 0 spiro atoms. The molecule has 3 N–H and O–H groups in total. The van der Waals surface area contributed by atoms with E-state index < -0.39 is 5.60 Å². The molecule has 0 radical (unpaired) electrons. The number of aliphatic imine (C=N–C) groups is 1. The monoisotopic (exact) mass is 333 g/mol. The van der Waals surface area contributed by atoms with Crippen LogP contribution in [0.15, 0.2) is 23.2 Å². The van der Waals surface area contributed by atoms with Gasteiger partial charge in [0.1, 0.15) is 5.75 Å². The molecule has 1 aromatic carbocycles. The van der Waals surface area contributed by atoms with Gasteiger partial charge in [-0.1, -0.05) is 31.4 Å². The van der Waals surface area contributed by atoms with E-state index in [0.29, 0.717) is 13.1 Å². The molecule has 0 amide bonds. The maximum atomic E-state index is 10.6. The van der Waals surface area contributed by atoms with Crippen molar-refractivity contribution in [2.45, 2.75) is 58.1 Å². The van der Waals surface area contributed by atoms with Gasteiger partial charge in [-0.05, 0) is 38.3 Å². The first-order chi connectivity index (χ1) is 11.6. The van der Waals surface area contributed by atoms with Crippen LogP contribution in [0, 0.1) is 6.92 Å². The Bertz CT molecular complexity index is 552. The normalized spacial score (nSPS) is 17.4. The minimum Gasteiger partial charge on any atom is -0.496 e. The average Bonchev–Trinajstić information content (AvgIpc) is 2.58. The maximum Gasteiger partial charge on any atom is 0.191 e. The first kappa shape index (κ1) is 18.6. The summed E-state index contributed by atoms with van der Waals surface area (Å²) in [5.41, 5.74) is 1.62. The second kappa shape index (κ2) is 8.92. The van der Waals surface area contributed by atoms with Gasteiger partial charge in [0.2, 0.25) is 0 Å². The summed E-state index contributed by atoms with van der Waals surface area (Å²) in [5, 5.41) is 17.2. The number of nitrogens with one attached hydrogen (secondary N) is 2. The summed E-state index contributed by atoms with van der Waals surface area (Å²) in [6, 6.07) is 6.14. The number of aliphatic hydroxyl groups is 1. The SMILES string of the molecule is CCNC(=NCc1ccc(C)cc1OC)NCC1(O)CCCCC1. The highest BCUT2D eigenvalue weighted by molar-refractivity contribution is 5.79. The fraction of sp³-hybridized carbons (Fsp3) is 0.632. The van der Waals surface area contributed by atoms with Gasteiger partial charge in [0.25, 0.3) is 0 Å². The quantitative estimate of drug-likeness (QED) is 0.553. The van der Waals surface area contributed by atoms with E-state index in [0.717, 1.165) is 49.5 Å². The van der Waals surface area contributed by atoms with Gasteiger partial charge in [0.05, 0.1) is 19.3 Å². The third-order valence-electron chi connectivity index (χ3n) is 4.56. The van der Waals surface area contributed by atoms with E-state index in [1.807, 2.05) is 19.9 Å². The molecule has 2 rings (SSSR count). The summed E-state index contributed by atoms with van der Waals surface area (Å²) >= 11 is 0. The van der Waals surface area contributed by atoms with Crippen molar-refractivity contribution in [1.29, 1.82) is 0 Å². The zero-order chi connectivity index (χ0) is 17.4. The Balaban J connectivity index is 2.00. The number of rotatable bonds is 6. The lowest BCUT2D eigenvalue weighted by molar-refractivity contribution is 0.00859. The van der Waals surface area contributed by atoms with E-state index in [2.05, 4.69) is 27.8 Å². The Morgan fingerprint density at radius 2 is 2.00 bits per heavy atom. The summed E-state index contributed by atoms with van der Waals surface area (Å²) in [7, 11) is 1.68. The number of guanidine groups is 1. The molecular formula is C19H31N3O2. The number of aryl methyl sites for hydroxylation is 1. The molecule has 5 heteroatoms. The van der Waals surface area contributed by atoms with Crippen LogP contribution >= 0.6 is 0 Å². The summed E-state index contributed by atoms with van der Waals surface area (Å²) < 4.78 is 5.44. The van der Waals surface area contributed by atoms with Gasteiger partial charge in [-0.2, -0.15) is 0 Å². The van der Waals surface area contributed by atoms with E-state index >= 15 is 0 Å². The number of benzene rings is 1. The molecule has 0 aromatic heterocycles. The van der Waals surface area contributed by atoms with Crippen LogP contribution in [0.5, 0.6) is 5.75 Å². The van der Waals surface area contributed by atoms with Gasteiger partial charge in [-0.3, -0.25) is 0 Å². The molecule has 1 fully saturated rings. The molecule has 5 nitrogen and oxygen atoms in total. The van der Waals surface area contributed by atoms with E-state index in [1.54, 1.807) is 7.11 Å². The number of ether oxygens (including phenoxy) is 1. The first-order valence-corrected chi connectivity index (χ1v) is 8.94. The molecular weight excluding hydrogens is 302 g/mol. The van der Waals surface area contributed by atoms with Crippen LogP contribution in [0.1, 0.15) is 50.2 Å². The van der Waals surface area contributed by atoms with Crippen molar-refractivity contribution >= 4 is 5.96 Å². The van der Waals surface area contributed by atoms with Gasteiger partial charge < -0.3 is 20.5 Å². The van der Waals surface area contributed by atoms with Crippen molar-refractivity contribution in [3.63, 3.8) is 0 Å². The molecule has 0 atom stereocenters. The largest absolute Gasteiger partial charge is 0.496 e. The number of nitrogens with zero attached hydrogens (tertiary/aromatic N) is 1. The second-order valence-electron chi connectivity index (χ2n) is 6.65. The third kappa shape index (κ3) is 5.41. The van der Waals surface area contributed by atoms with Crippen molar-refractivity contribution in [2.75, 3.05) is 20.2 Å². The van der Waals surface area contributed by atoms with E-state index in [4.69, 9.17) is 4.74 Å². The lowest BCUT2D eigenvalue weighted by atomic mass is 9.85. The molecule has 0 bridgehead atoms. The molecule has 1 aliphatic carbocycles. The number of methoxy groups -OCH3 is 1. The fourth-order valence-electron chi connectivity index (χ4n) is 3.12. The highest BCUT2D eigenvalue weighted by Crippen LogP contribution is 2.27. The van der Waals surface area contributed by atoms with Gasteiger partial charge in [-0.15, -0.1) is 0 Å². The van der Waals surface area contributed by atoms with Crippen LogP contribution in [0.2, 0.25) is 0 Å². The first-order valence-electron chi connectivity index (χ1n) is 8.94. The molecule has 24 heavy (non-hydrogen) atoms. The van der Waals surface area contributed by atoms with Gasteiger partial charge in [0.15, 0.2) is 5.96 Å². The minimum absolute atomic E-state index is 0.539. The molecule has 1 aliphatic rings. The van der Waals surface area contributed by atoms with Crippen molar-refractivity contribution in [2.24, 2.45) is 4.99 Å². The molecule has 0 aliphatic heterocycles. The van der Waals surface area contributed by atoms with Crippen LogP contribution in [0.4, 0.5) is 0 Å². The zero-order valence-electron chi connectivity index (χ0n) is 15.2. The number of hydrogen-bond donors (Lipinski definition) is 3. The van der Waals surface area contributed by atoms with Gasteiger partial charge in [-0.25, -0.2) is 4.99 Å². The number of hydrogen-bond acceptors (Lipinski definition) is 3. The highest BCUT2D eigenvalue weighted by Gasteiger charge is 2.29. The topological polar surface area (TPSA) is 65.9 Å². The minimum atomic E-state index is -0.601. The zero-order valence-corrected chi connectivity index (χ0v) is 15.2. The van der Waals surface area contributed by atoms with Crippen LogP contribution in [-0.2, 0) is 6.54 Å². The molecule has 0 heterocycles. The molecule has 1 aromatic rings. The summed E-state index contributed by atoms with van der Waals surface area (Å²) in [6.45, 7) is 5.96. The van der Waals surface area contributed by atoms with Crippen LogP contribution in [0.3, 0.4) is 0 Å². The van der Waals surface area contributed by atoms with E-state index in [-0.39, 0.29) is 0 Å². The standard InChI is InChI=1S/C19H31N3O2/c1-4-20-18(22-14-19(23)10-6-5-7-11-19)21-13-16-9-8-15(2)12-17(16)24-3/h8-9,12,23H,4-7,10-11,13-14H2,1-3H3,(H2,20,21,22). The Morgan fingerprint density at radius 3 is 2.67 bits per heavy atom. The lowest BCUT2D eigenvalue weighted by Crippen LogP contribution is -2.48. The van der Waals surface area contributed by atoms with Crippen LogP contribution in [-0.4, -0.2) is 36.9 Å². The third-order valence-corrected chi connectivity index (χ3v) is 4.56. The Morgan fingerprint density at radius 1 is 1.25 bits per heavy atom. The van der Waals surface area contributed by atoms with E-state index in [1.165, 1.54) is 12.0 Å². The van der Waals surface area contributed by atoms with Gasteiger partial charge in [0, 0.05) is 18.7 Å². The van der Waals surface area contributed by atoms with Gasteiger partial charge >= 0.3 is 0 Å². The maximum absolute atomic E-state index is 10.6. The van der Waals surface area contributed by atoms with Crippen molar-refractivity contribution in [3.8, 4) is 5.75 Å². The van der Waals surface area contributed by atoms with E-state index in [9.17, 15) is 5.11 Å². The summed E-state index contributed by atoms with van der Waals surface area (Å²) in [6.07, 6.45) is 5.17. The summed E-state index contributed by atoms with van der Waals surface area (Å²) in [4.78, 5) is 4.64. The second-order valence-corrected chi connectivity index (χ2v) is 6.65. The predicted octanol–water partition coefficient (Wildman–Crippen LogP) is 2.75.